The van der Waals surface area contributed by atoms with Crippen LogP contribution < -0.4 is 10.6 Å². The summed E-state index contributed by atoms with van der Waals surface area (Å²) in [6.45, 7) is 3.65. The molecule has 2 amide bonds. The lowest BCUT2D eigenvalue weighted by Gasteiger charge is -2.13. The van der Waals surface area contributed by atoms with Crippen molar-refractivity contribution in [2.75, 3.05) is 5.32 Å². The normalized spacial score (nSPS) is 11.9. The van der Waals surface area contributed by atoms with Gasteiger partial charge in [0.15, 0.2) is 5.82 Å². The van der Waals surface area contributed by atoms with E-state index in [1.54, 1.807) is 25.4 Å². The third kappa shape index (κ3) is 3.07. The van der Waals surface area contributed by atoms with Crippen LogP contribution in [0.4, 0.5) is 10.6 Å². The summed E-state index contributed by atoms with van der Waals surface area (Å²) in [6.07, 6.45) is 3.37. The minimum Gasteiger partial charge on any atom is -0.360 e. The van der Waals surface area contributed by atoms with Gasteiger partial charge in [0, 0.05) is 18.5 Å². The molecule has 0 radical (unpaired) electrons. The number of nitrogens with one attached hydrogen (secondary N) is 2. The first-order valence-electron chi connectivity index (χ1n) is 5.56. The second-order valence-electron chi connectivity index (χ2n) is 3.92. The van der Waals surface area contributed by atoms with E-state index in [1.165, 1.54) is 0 Å². The molecule has 2 aromatic heterocycles. The highest BCUT2D eigenvalue weighted by atomic mass is 16.5. The molecule has 2 rings (SSSR count). The summed E-state index contributed by atoms with van der Waals surface area (Å²) in [4.78, 5) is 15.6. The summed E-state index contributed by atoms with van der Waals surface area (Å²) < 4.78 is 4.85. The SMILES string of the molecule is Cc1cc(NC(=O)N[C@H](C)c2ccncc2)no1. The largest absolute Gasteiger partial charge is 0.360 e. The van der Waals surface area contributed by atoms with Crippen molar-refractivity contribution >= 4 is 11.8 Å². The second kappa shape index (κ2) is 5.31. The van der Waals surface area contributed by atoms with Gasteiger partial charge >= 0.3 is 6.03 Å². The molecule has 0 aliphatic carbocycles. The zero-order valence-electron chi connectivity index (χ0n) is 10.2. The van der Waals surface area contributed by atoms with Gasteiger partial charge in [0.05, 0.1) is 6.04 Å². The Bertz CT molecular complexity index is 524. The molecule has 6 heteroatoms. The highest BCUT2D eigenvalue weighted by Gasteiger charge is 2.10. The van der Waals surface area contributed by atoms with E-state index < -0.39 is 0 Å². The number of aryl methyl sites for hydroxylation is 1. The van der Waals surface area contributed by atoms with Gasteiger partial charge in [-0.05, 0) is 31.5 Å². The van der Waals surface area contributed by atoms with E-state index in [0.717, 1.165) is 5.56 Å². The molecule has 0 saturated carbocycles. The van der Waals surface area contributed by atoms with Crippen molar-refractivity contribution in [1.29, 1.82) is 0 Å². The number of aromatic nitrogens is 2. The Hall–Kier alpha value is -2.37. The maximum Gasteiger partial charge on any atom is 0.320 e. The maximum atomic E-state index is 11.7. The van der Waals surface area contributed by atoms with E-state index in [0.29, 0.717) is 11.6 Å². The van der Waals surface area contributed by atoms with E-state index in [2.05, 4.69) is 20.8 Å². The first kappa shape index (κ1) is 12.1. The van der Waals surface area contributed by atoms with Crippen molar-refractivity contribution in [3.8, 4) is 0 Å². The van der Waals surface area contributed by atoms with E-state index in [9.17, 15) is 4.79 Å². The van der Waals surface area contributed by atoms with Gasteiger partial charge in [-0.25, -0.2) is 4.79 Å². The maximum absolute atomic E-state index is 11.7. The number of nitrogens with zero attached hydrogens (tertiary/aromatic N) is 2. The second-order valence-corrected chi connectivity index (χ2v) is 3.92. The van der Waals surface area contributed by atoms with E-state index in [-0.39, 0.29) is 12.1 Å². The molecule has 6 nitrogen and oxygen atoms in total. The van der Waals surface area contributed by atoms with Gasteiger partial charge in [-0.1, -0.05) is 5.16 Å². The Kier molecular flexibility index (Phi) is 3.57. The molecule has 0 unspecified atom stereocenters. The van der Waals surface area contributed by atoms with Crippen molar-refractivity contribution in [3.05, 3.63) is 41.9 Å². The van der Waals surface area contributed by atoms with Gasteiger partial charge < -0.3 is 9.84 Å². The van der Waals surface area contributed by atoms with Crippen LogP contribution in [0.15, 0.2) is 35.1 Å². The Morgan fingerprint density at radius 1 is 1.39 bits per heavy atom. The van der Waals surface area contributed by atoms with Gasteiger partial charge in [-0.3, -0.25) is 10.3 Å². The monoisotopic (exact) mass is 246 g/mol. The number of carbonyl (C=O) groups is 1. The predicted octanol–water partition coefficient (Wildman–Crippen LogP) is 2.26. The van der Waals surface area contributed by atoms with Crippen molar-refractivity contribution < 1.29 is 9.32 Å². The zero-order valence-corrected chi connectivity index (χ0v) is 10.2. The van der Waals surface area contributed by atoms with Crippen LogP contribution in [0.1, 0.15) is 24.3 Å². The van der Waals surface area contributed by atoms with Gasteiger partial charge in [0.2, 0.25) is 0 Å². The van der Waals surface area contributed by atoms with E-state index in [4.69, 9.17) is 4.52 Å². The molecule has 0 saturated heterocycles. The summed E-state index contributed by atoms with van der Waals surface area (Å²) in [5, 5.41) is 9.07. The Morgan fingerprint density at radius 2 is 2.11 bits per heavy atom. The molecule has 2 N–H and O–H groups in total. The summed E-state index contributed by atoms with van der Waals surface area (Å²) in [5.74, 6) is 1.04. The summed E-state index contributed by atoms with van der Waals surface area (Å²) in [7, 11) is 0. The molecule has 0 spiro atoms. The van der Waals surface area contributed by atoms with Crippen LogP contribution in [-0.4, -0.2) is 16.2 Å². The van der Waals surface area contributed by atoms with Crippen molar-refractivity contribution in [2.24, 2.45) is 0 Å². The van der Waals surface area contributed by atoms with Crippen LogP contribution in [0.3, 0.4) is 0 Å². The fourth-order valence-corrected chi connectivity index (χ4v) is 1.51. The standard InChI is InChI=1S/C12H14N4O2/c1-8-7-11(16-18-8)15-12(17)14-9(2)10-3-5-13-6-4-10/h3-7,9H,1-2H3,(H2,14,15,16,17)/t9-/m1/s1. The fraction of sp³-hybridized carbons (Fsp3) is 0.250. The number of anilines is 1. The Morgan fingerprint density at radius 3 is 2.72 bits per heavy atom. The highest BCUT2D eigenvalue weighted by Crippen LogP contribution is 2.11. The van der Waals surface area contributed by atoms with Gasteiger partial charge in [-0.15, -0.1) is 0 Å². The number of pyridine rings is 1. The van der Waals surface area contributed by atoms with Gasteiger partial charge in [0.25, 0.3) is 0 Å². The number of hydrogen-bond donors (Lipinski definition) is 2. The average Bonchev–Trinajstić information content (AvgIpc) is 2.75. The van der Waals surface area contributed by atoms with E-state index >= 15 is 0 Å². The molecule has 18 heavy (non-hydrogen) atoms. The molecule has 0 aromatic carbocycles. The zero-order chi connectivity index (χ0) is 13.0. The minimum atomic E-state index is -0.326. The molecule has 1 atom stereocenters. The Labute approximate surface area is 104 Å². The third-order valence-corrected chi connectivity index (χ3v) is 2.42. The molecule has 0 fully saturated rings. The topological polar surface area (TPSA) is 80.0 Å². The number of hydrogen-bond acceptors (Lipinski definition) is 4. The highest BCUT2D eigenvalue weighted by molar-refractivity contribution is 5.88. The molecule has 2 heterocycles. The third-order valence-electron chi connectivity index (χ3n) is 2.42. The fourth-order valence-electron chi connectivity index (χ4n) is 1.51. The summed E-state index contributed by atoms with van der Waals surface area (Å²) in [5.41, 5.74) is 0.983. The smallest absolute Gasteiger partial charge is 0.320 e. The quantitative estimate of drug-likeness (QED) is 0.870. The van der Waals surface area contributed by atoms with Crippen LogP contribution in [0.5, 0.6) is 0 Å². The summed E-state index contributed by atoms with van der Waals surface area (Å²) in [6, 6.07) is 4.92. The lowest BCUT2D eigenvalue weighted by atomic mass is 10.1. The molecule has 2 aromatic rings. The number of urea groups is 1. The lowest BCUT2D eigenvalue weighted by molar-refractivity contribution is 0.249. The summed E-state index contributed by atoms with van der Waals surface area (Å²) >= 11 is 0. The Balaban J connectivity index is 1.92. The molecule has 0 aliphatic heterocycles. The number of rotatable bonds is 3. The molecule has 0 aliphatic rings. The number of carbonyl (C=O) groups excluding carboxylic acids is 1. The molecule has 0 bridgehead atoms. The minimum absolute atomic E-state index is 0.110. The van der Waals surface area contributed by atoms with Crippen LogP contribution in [0, 0.1) is 6.92 Å². The van der Waals surface area contributed by atoms with Crippen LogP contribution in [0.25, 0.3) is 0 Å². The van der Waals surface area contributed by atoms with Crippen molar-refractivity contribution in [2.45, 2.75) is 19.9 Å². The van der Waals surface area contributed by atoms with Crippen molar-refractivity contribution in [3.63, 3.8) is 0 Å². The van der Waals surface area contributed by atoms with E-state index in [1.807, 2.05) is 19.1 Å². The first-order chi connectivity index (χ1) is 8.65. The van der Waals surface area contributed by atoms with Crippen LogP contribution in [0.2, 0.25) is 0 Å². The molecular weight excluding hydrogens is 232 g/mol. The van der Waals surface area contributed by atoms with Crippen LogP contribution in [-0.2, 0) is 0 Å². The molecule has 94 valence electrons. The lowest BCUT2D eigenvalue weighted by Crippen LogP contribution is -2.31. The van der Waals surface area contributed by atoms with Crippen molar-refractivity contribution in [1.82, 2.24) is 15.5 Å². The molecular formula is C12H14N4O2. The van der Waals surface area contributed by atoms with Gasteiger partial charge in [0.1, 0.15) is 5.76 Å². The predicted molar refractivity (Wildman–Crippen MR) is 66.0 cm³/mol. The average molecular weight is 246 g/mol. The van der Waals surface area contributed by atoms with Gasteiger partial charge in [-0.2, -0.15) is 0 Å². The number of amides is 2. The van der Waals surface area contributed by atoms with Crippen LogP contribution >= 0.6 is 0 Å². The first-order valence-corrected chi connectivity index (χ1v) is 5.56.